The molecule has 1 heterocycles. The first-order valence-electron chi connectivity index (χ1n) is 9.55. The van der Waals surface area contributed by atoms with Crippen molar-refractivity contribution in [3.63, 3.8) is 0 Å². The molecule has 0 N–H and O–H groups in total. The Morgan fingerprint density at radius 1 is 0.935 bits per heavy atom. The van der Waals surface area contributed by atoms with Crippen LogP contribution in [0, 0.1) is 6.92 Å². The summed E-state index contributed by atoms with van der Waals surface area (Å²) >= 11 is 0. The van der Waals surface area contributed by atoms with Gasteiger partial charge in [-0.1, -0.05) is 54.6 Å². The number of ether oxygens (including phenoxy) is 1. The van der Waals surface area contributed by atoms with Gasteiger partial charge >= 0.3 is 15.6 Å². The van der Waals surface area contributed by atoms with Crippen LogP contribution in [-0.4, -0.2) is 20.5 Å². The molecule has 0 saturated carbocycles. The van der Waals surface area contributed by atoms with Crippen LogP contribution in [0.3, 0.4) is 0 Å². The fourth-order valence-electron chi connectivity index (χ4n) is 3.82. The van der Waals surface area contributed by atoms with E-state index in [2.05, 4.69) is 4.18 Å². The first-order chi connectivity index (χ1) is 14.7. The fourth-order valence-corrected chi connectivity index (χ4v) is 4.28. The van der Waals surface area contributed by atoms with E-state index in [1.165, 1.54) is 12.1 Å². The molecule has 0 amide bonds. The number of alkyl halides is 3. The smallest absolute Gasteiger partial charge is 0.493 e. The molecular weight excluding hydrogens is 429 g/mol. The van der Waals surface area contributed by atoms with Crippen molar-refractivity contribution in [2.45, 2.75) is 24.3 Å². The van der Waals surface area contributed by atoms with E-state index >= 15 is 0 Å². The van der Waals surface area contributed by atoms with Gasteiger partial charge in [0.05, 0.1) is 6.61 Å². The number of benzene rings is 3. The van der Waals surface area contributed by atoms with Crippen LogP contribution < -0.4 is 8.92 Å². The average Bonchev–Trinajstić information content (AvgIpc) is 2.73. The number of hydrogen-bond acceptors (Lipinski definition) is 4. The molecule has 0 radical (unpaired) electrons. The lowest BCUT2D eigenvalue weighted by Gasteiger charge is -2.34. The molecule has 0 aromatic heterocycles. The highest BCUT2D eigenvalue weighted by molar-refractivity contribution is 7.88. The predicted octanol–water partition coefficient (Wildman–Crippen LogP) is 5.53. The normalized spacial score (nSPS) is 18.7. The molecule has 4 nitrogen and oxygen atoms in total. The molecule has 0 bridgehead atoms. The lowest BCUT2D eigenvalue weighted by molar-refractivity contribution is -0.0500. The van der Waals surface area contributed by atoms with Crippen molar-refractivity contribution < 1.29 is 30.5 Å². The molecule has 0 aliphatic carbocycles. The molecule has 4 rings (SSSR count). The number of halogens is 3. The second-order valence-electron chi connectivity index (χ2n) is 7.40. The number of fused-ring (bicyclic) bond motifs is 1. The van der Waals surface area contributed by atoms with Crippen molar-refractivity contribution in [3.8, 4) is 11.5 Å². The SMILES string of the molecule is Cc1ccc2c(c1)OC[C@H](c1ccccc1)[C@@H]2c1ccc(OS(=O)(=O)C(F)(F)F)cc1. The van der Waals surface area contributed by atoms with Crippen molar-refractivity contribution in [2.75, 3.05) is 6.61 Å². The van der Waals surface area contributed by atoms with Gasteiger partial charge in [-0.05, 0) is 41.8 Å². The van der Waals surface area contributed by atoms with Crippen LogP contribution in [-0.2, 0) is 10.1 Å². The third-order valence-corrected chi connectivity index (χ3v) is 6.26. The number of aryl methyl sites for hydroxylation is 1. The monoisotopic (exact) mass is 448 g/mol. The Balaban J connectivity index is 1.73. The minimum Gasteiger partial charge on any atom is -0.493 e. The van der Waals surface area contributed by atoms with Crippen LogP contribution >= 0.6 is 0 Å². The number of hydrogen-bond donors (Lipinski definition) is 0. The van der Waals surface area contributed by atoms with Crippen molar-refractivity contribution in [1.82, 2.24) is 0 Å². The van der Waals surface area contributed by atoms with Gasteiger partial charge in [0.25, 0.3) is 0 Å². The summed E-state index contributed by atoms with van der Waals surface area (Å²) in [7, 11) is -5.72. The molecule has 8 heteroatoms. The Labute approximate surface area is 178 Å². The van der Waals surface area contributed by atoms with Crippen LogP contribution in [0.15, 0.2) is 72.8 Å². The summed E-state index contributed by atoms with van der Waals surface area (Å²) in [4.78, 5) is 0. The predicted molar refractivity (Wildman–Crippen MR) is 110 cm³/mol. The maximum atomic E-state index is 12.6. The molecule has 3 aromatic rings. The van der Waals surface area contributed by atoms with E-state index in [9.17, 15) is 21.6 Å². The minimum absolute atomic E-state index is 0.0258. The van der Waals surface area contributed by atoms with E-state index in [1.54, 1.807) is 12.1 Å². The summed E-state index contributed by atoms with van der Waals surface area (Å²) in [5.41, 5.74) is -1.58. The van der Waals surface area contributed by atoms with E-state index in [0.717, 1.165) is 28.0 Å². The van der Waals surface area contributed by atoms with Crippen molar-refractivity contribution in [3.05, 3.63) is 95.1 Å². The van der Waals surface area contributed by atoms with Crippen molar-refractivity contribution >= 4 is 10.1 Å². The Kier molecular flexibility index (Phi) is 5.43. The Bertz CT molecular complexity index is 1170. The standard InChI is InChI=1S/C23H19F3O4S/c1-15-7-12-19-21(13-15)29-14-20(16-5-3-2-4-6-16)22(19)17-8-10-18(11-9-17)30-31(27,28)23(24,25)26/h2-13,20,22H,14H2,1H3/t20-,22-/m1/s1. The summed E-state index contributed by atoms with van der Waals surface area (Å²) in [6.07, 6.45) is 0. The molecule has 0 fully saturated rings. The van der Waals surface area contributed by atoms with Gasteiger partial charge in [0.2, 0.25) is 0 Å². The molecule has 1 aliphatic heterocycles. The zero-order valence-corrected chi connectivity index (χ0v) is 17.3. The van der Waals surface area contributed by atoms with Gasteiger partial charge in [-0.3, -0.25) is 0 Å². The van der Waals surface area contributed by atoms with Crippen LogP contribution in [0.4, 0.5) is 13.2 Å². The second-order valence-corrected chi connectivity index (χ2v) is 8.94. The molecule has 31 heavy (non-hydrogen) atoms. The Morgan fingerprint density at radius 2 is 1.61 bits per heavy atom. The molecule has 1 aliphatic rings. The van der Waals surface area contributed by atoms with Gasteiger partial charge < -0.3 is 8.92 Å². The fraction of sp³-hybridized carbons (Fsp3) is 0.217. The van der Waals surface area contributed by atoms with Crippen LogP contribution in [0.25, 0.3) is 0 Å². The number of rotatable bonds is 4. The average molecular weight is 448 g/mol. The zero-order valence-electron chi connectivity index (χ0n) is 16.5. The van der Waals surface area contributed by atoms with Crippen LogP contribution in [0.5, 0.6) is 11.5 Å². The van der Waals surface area contributed by atoms with Crippen LogP contribution in [0.1, 0.15) is 34.1 Å². The van der Waals surface area contributed by atoms with Gasteiger partial charge in [0.1, 0.15) is 11.5 Å². The van der Waals surface area contributed by atoms with E-state index in [-0.39, 0.29) is 11.8 Å². The maximum absolute atomic E-state index is 12.6. The Morgan fingerprint density at radius 3 is 2.26 bits per heavy atom. The topological polar surface area (TPSA) is 52.6 Å². The van der Waals surface area contributed by atoms with Gasteiger partial charge in [0.15, 0.2) is 0 Å². The van der Waals surface area contributed by atoms with E-state index < -0.39 is 21.4 Å². The van der Waals surface area contributed by atoms with Crippen LogP contribution in [0.2, 0.25) is 0 Å². The highest BCUT2D eigenvalue weighted by Crippen LogP contribution is 2.46. The maximum Gasteiger partial charge on any atom is 0.534 e. The third-order valence-electron chi connectivity index (χ3n) is 5.28. The van der Waals surface area contributed by atoms with Gasteiger partial charge in [0, 0.05) is 17.4 Å². The molecule has 2 atom stereocenters. The summed E-state index contributed by atoms with van der Waals surface area (Å²) < 4.78 is 70.6. The lowest BCUT2D eigenvalue weighted by atomic mass is 9.76. The summed E-state index contributed by atoms with van der Waals surface area (Å²) in [6.45, 7) is 2.40. The van der Waals surface area contributed by atoms with E-state index in [1.807, 2.05) is 55.5 Å². The summed E-state index contributed by atoms with van der Waals surface area (Å²) in [5, 5.41) is 0. The first kappa shape index (κ1) is 21.2. The lowest BCUT2D eigenvalue weighted by Crippen LogP contribution is -2.28. The van der Waals surface area contributed by atoms with E-state index in [4.69, 9.17) is 4.74 Å². The molecule has 3 aromatic carbocycles. The molecule has 0 spiro atoms. The molecular formula is C23H19F3O4S. The molecule has 0 saturated heterocycles. The molecule has 0 unspecified atom stereocenters. The van der Waals surface area contributed by atoms with Gasteiger partial charge in [-0.25, -0.2) is 0 Å². The highest BCUT2D eigenvalue weighted by atomic mass is 32.2. The van der Waals surface area contributed by atoms with Gasteiger partial charge in [-0.15, -0.1) is 0 Å². The second kappa shape index (κ2) is 7.92. The minimum atomic E-state index is -5.72. The highest BCUT2D eigenvalue weighted by Gasteiger charge is 2.48. The Hall–Kier alpha value is -3.00. The molecule has 162 valence electrons. The largest absolute Gasteiger partial charge is 0.534 e. The quantitative estimate of drug-likeness (QED) is 0.389. The summed E-state index contributed by atoms with van der Waals surface area (Å²) in [6, 6.07) is 21.4. The summed E-state index contributed by atoms with van der Waals surface area (Å²) in [5.74, 6) is 0.216. The third kappa shape index (κ3) is 4.25. The van der Waals surface area contributed by atoms with Gasteiger partial charge in [-0.2, -0.15) is 21.6 Å². The first-order valence-corrected chi connectivity index (χ1v) is 11.0. The van der Waals surface area contributed by atoms with Crippen molar-refractivity contribution in [2.24, 2.45) is 0 Å². The van der Waals surface area contributed by atoms with E-state index in [0.29, 0.717) is 6.61 Å². The zero-order chi connectivity index (χ0) is 22.2. The van der Waals surface area contributed by atoms with Crippen molar-refractivity contribution in [1.29, 1.82) is 0 Å².